The Labute approximate surface area is 207 Å². The van der Waals surface area contributed by atoms with Gasteiger partial charge in [0.15, 0.2) is 17.3 Å². The molecule has 3 aromatic rings. The molecule has 0 aliphatic carbocycles. The number of fused-ring (bicyclic) bond motifs is 2. The minimum absolute atomic E-state index is 0.0408. The minimum Gasteiger partial charge on any atom is -0.451 e. The van der Waals surface area contributed by atoms with Crippen molar-refractivity contribution in [3.8, 4) is 5.75 Å². The maximum absolute atomic E-state index is 15.2. The van der Waals surface area contributed by atoms with Gasteiger partial charge in [-0.15, -0.1) is 0 Å². The van der Waals surface area contributed by atoms with Crippen molar-refractivity contribution >= 4 is 12.1 Å². The summed E-state index contributed by atoms with van der Waals surface area (Å²) in [6.07, 6.45) is 0.362. The van der Waals surface area contributed by atoms with Gasteiger partial charge in [0.25, 0.3) is 5.91 Å². The van der Waals surface area contributed by atoms with Crippen LogP contribution >= 0.6 is 0 Å². The Morgan fingerprint density at radius 2 is 1.89 bits per heavy atom. The van der Waals surface area contributed by atoms with Gasteiger partial charge in [0.05, 0.1) is 18.3 Å². The molecule has 0 bridgehead atoms. The van der Waals surface area contributed by atoms with E-state index in [4.69, 9.17) is 9.84 Å². The number of hydrogen-bond acceptors (Lipinski definition) is 6. The first kappa shape index (κ1) is 24.3. The van der Waals surface area contributed by atoms with Gasteiger partial charge in [-0.05, 0) is 36.6 Å². The third-order valence-corrected chi connectivity index (χ3v) is 6.68. The van der Waals surface area contributed by atoms with Crippen LogP contribution < -0.4 is 10.2 Å². The van der Waals surface area contributed by atoms with Crippen LogP contribution in [0, 0.1) is 17.5 Å². The van der Waals surface area contributed by atoms with Gasteiger partial charge in [-0.25, -0.2) is 18.0 Å². The lowest BCUT2D eigenvalue weighted by molar-refractivity contribution is 0.0228. The van der Waals surface area contributed by atoms with Crippen LogP contribution in [0.5, 0.6) is 5.75 Å². The fraction of sp³-hybridized carbons (Fsp3) is 0.280. The Hall–Kier alpha value is -4.35. The Bertz CT molecular complexity index is 1430. The van der Waals surface area contributed by atoms with Crippen molar-refractivity contribution in [2.45, 2.75) is 30.8 Å². The molecule has 2 aromatic carbocycles. The predicted octanol–water partition coefficient (Wildman–Crippen LogP) is 3.68. The molecule has 1 N–H and O–H groups in total. The van der Waals surface area contributed by atoms with Crippen molar-refractivity contribution in [3.63, 3.8) is 0 Å². The third kappa shape index (κ3) is 4.28. The average Bonchev–Trinajstić information content (AvgIpc) is 3.36. The van der Waals surface area contributed by atoms with Gasteiger partial charge in [-0.1, -0.05) is 24.3 Å². The molecule has 1 saturated heterocycles. The average molecular weight is 515 g/mol. The van der Waals surface area contributed by atoms with Crippen LogP contribution in [0.4, 0.5) is 18.0 Å². The Morgan fingerprint density at radius 1 is 1.14 bits per heavy atom. The molecular weight excluding hydrogens is 495 g/mol. The Balaban J connectivity index is 1.74. The van der Waals surface area contributed by atoms with Crippen LogP contribution in [0.15, 0.2) is 53.5 Å². The van der Waals surface area contributed by atoms with E-state index in [9.17, 15) is 23.2 Å². The largest absolute Gasteiger partial charge is 0.508 e. The molecule has 3 atom stereocenters. The quantitative estimate of drug-likeness (QED) is 0.394. The molecule has 1 fully saturated rings. The SMILES string of the molecule is O=C(O)OCOc1c2n(ncc1=O)[C@@H](C(c1ccc(F)cc1)c1cccc(F)c1F)[C@H]1CCCN1C2=O. The summed E-state index contributed by atoms with van der Waals surface area (Å²) in [5.74, 6) is -4.72. The first-order valence-corrected chi connectivity index (χ1v) is 11.4. The maximum Gasteiger partial charge on any atom is 0.508 e. The Morgan fingerprint density at radius 3 is 2.62 bits per heavy atom. The first-order chi connectivity index (χ1) is 17.8. The van der Waals surface area contributed by atoms with Gasteiger partial charge < -0.3 is 19.5 Å². The predicted molar refractivity (Wildman–Crippen MR) is 121 cm³/mol. The molecule has 0 radical (unpaired) electrons. The fourth-order valence-corrected chi connectivity index (χ4v) is 5.20. The molecule has 1 aromatic heterocycles. The second-order valence-electron chi connectivity index (χ2n) is 8.67. The van der Waals surface area contributed by atoms with Gasteiger partial charge in [-0.3, -0.25) is 14.3 Å². The van der Waals surface area contributed by atoms with Gasteiger partial charge in [0, 0.05) is 18.0 Å². The standard InChI is InChI=1S/C25H20F3N3O6/c26-14-8-6-13(7-9-14)19(15-3-1-4-16(27)20(15)28)21-17-5-2-10-30(17)24(33)22-23(36-12-37-25(34)35)18(32)11-29-31(21)22/h1,3-4,6-9,11,17,19,21H,2,5,10,12H2,(H,34,35)/t17-,19?,21-/m1/s1. The lowest BCUT2D eigenvalue weighted by atomic mass is 9.79. The molecule has 0 saturated carbocycles. The summed E-state index contributed by atoms with van der Waals surface area (Å²) in [5.41, 5.74) is -0.671. The van der Waals surface area contributed by atoms with Crippen LogP contribution in [0.2, 0.25) is 0 Å². The molecule has 9 nitrogen and oxygen atoms in total. The number of ether oxygens (including phenoxy) is 2. The van der Waals surface area contributed by atoms with Gasteiger partial charge in [0.2, 0.25) is 18.0 Å². The van der Waals surface area contributed by atoms with E-state index in [1.807, 2.05) is 0 Å². The van der Waals surface area contributed by atoms with E-state index < -0.39 is 65.5 Å². The van der Waals surface area contributed by atoms with Crippen LogP contribution in [0.1, 0.15) is 46.4 Å². The number of halogens is 3. The molecule has 2 aliphatic rings. The van der Waals surface area contributed by atoms with Crippen LogP contribution in [0.25, 0.3) is 0 Å². The van der Waals surface area contributed by atoms with E-state index in [0.717, 1.165) is 12.3 Å². The number of carbonyl (C=O) groups excluding carboxylic acids is 1. The fourth-order valence-electron chi connectivity index (χ4n) is 5.20. The number of carboxylic acid groups (broad SMARTS) is 1. The summed E-state index contributed by atoms with van der Waals surface area (Å²) in [6, 6.07) is 7.64. The highest BCUT2D eigenvalue weighted by molar-refractivity contribution is 5.96. The number of nitrogens with zero attached hydrogens (tertiary/aromatic N) is 3. The second kappa shape index (κ2) is 9.60. The number of rotatable bonds is 6. The summed E-state index contributed by atoms with van der Waals surface area (Å²) in [7, 11) is 0. The molecule has 3 heterocycles. The first-order valence-electron chi connectivity index (χ1n) is 11.4. The maximum atomic E-state index is 15.2. The smallest absolute Gasteiger partial charge is 0.451 e. The molecule has 1 unspecified atom stereocenters. The van der Waals surface area contributed by atoms with E-state index in [0.29, 0.717) is 24.9 Å². The molecule has 0 spiro atoms. The van der Waals surface area contributed by atoms with E-state index in [2.05, 4.69) is 9.84 Å². The monoisotopic (exact) mass is 515 g/mol. The number of aromatic nitrogens is 2. The van der Waals surface area contributed by atoms with E-state index in [-0.39, 0.29) is 11.3 Å². The third-order valence-electron chi connectivity index (χ3n) is 6.68. The lowest BCUT2D eigenvalue weighted by Gasteiger charge is -2.42. The molecular formula is C25H20F3N3O6. The highest BCUT2D eigenvalue weighted by Gasteiger charge is 2.49. The molecule has 37 heavy (non-hydrogen) atoms. The van der Waals surface area contributed by atoms with Gasteiger partial charge in [-0.2, -0.15) is 5.10 Å². The summed E-state index contributed by atoms with van der Waals surface area (Å²) in [4.78, 5) is 38.4. The van der Waals surface area contributed by atoms with Crippen LogP contribution in [0.3, 0.4) is 0 Å². The van der Waals surface area contributed by atoms with Crippen molar-refractivity contribution in [1.82, 2.24) is 14.7 Å². The van der Waals surface area contributed by atoms with Crippen LogP contribution in [-0.4, -0.2) is 51.2 Å². The van der Waals surface area contributed by atoms with Crippen molar-refractivity contribution in [3.05, 3.63) is 93.2 Å². The summed E-state index contributed by atoms with van der Waals surface area (Å²) in [5, 5.41) is 12.9. The highest BCUT2D eigenvalue weighted by Crippen LogP contribution is 2.46. The van der Waals surface area contributed by atoms with Gasteiger partial charge in [0.1, 0.15) is 5.82 Å². The molecule has 2 aliphatic heterocycles. The number of benzene rings is 2. The van der Waals surface area contributed by atoms with Crippen molar-refractivity contribution in [1.29, 1.82) is 0 Å². The van der Waals surface area contributed by atoms with E-state index in [1.165, 1.54) is 46.0 Å². The number of carbonyl (C=O) groups is 2. The molecule has 12 heteroatoms. The normalized spacial score (nSPS) is 19.2. The van der Waals surface area contributed by atoms with Crippen molar-refractivity contribution < 1.29 is 37.3 Å². The topological polar surface area (TPSA) is 111 Å². The molecule has 192 valence electrons. The van der Waals surface area contributed by atoms with Crippen LogP contribution in [-0.2, 0) is 4.74 Å². The van der Waals surface area contributed by atoms with Crippen molar-refractivity contribution in [2.75, 3.05) is 13.3 Å². The minimum atomic E-state index is -1.65. The summed E-state index contributed by atoms with van der Waals surface area (Å²) < 4.78 is 54.3. The number of hydrogen-bond donors (Lipinski definition) is 1. The number of amides is 1. The van der Waals surface area contributed by atoms with E-state index >= 15 is 4.39 Å². The van der Waals surface area contributed by atoms with Gasteiger partial charge >= 0.3 is 6.16 Å². The summed E-state index contributed by atoms with van der Waals surface area (Å²) in [6.45, 7) is -0.529. The molecule has 5 rings (SSSR count). The van der Waals surface area contributed by atoms with E-state index in [1.54, 1.807) is 0 Å². The summed E-state index contributed by atoms with van der Waals surface area (Å²) >= 11 is 0. The second-order valence-corrected chi connectivity index (χ2v) is 8.67. The Kier molecular flexibility index (Phi) is 6.32. The highest BCUT2D eigenvalue weighted by atomic mass is 19.2. The molecule has 1 amide bonds. The van der Waals surface area contributed by atoms with Crippen molar-refractivity contribution in [2.24, 2.45) is 0 Å². The zero-order valence-electron chi connectivity index (χ0n) is 19.1. The lowest BCUT2D eigenvalue weighted by Crippen LogP contribution is -2.51. The zero-order valence-corrected chi connectivity index (χ0v) is 19.1. The zero-order chi connectivity index (χ0) is 26.3.